The van der Waals surface area contributed by atoms with Crippen LogP contribution in [0.1, 0.15) is 12.0 Å². The van der Waals surface area contributed by atoms with Crippen molar-refractivity contribution in [2.24, 2.45) is 0 Å². The fourth-order valence-electron chi connectivity index (χ4n) is 3.36. The van der Waals surface area contributed by atoms with Crippen LogP contribution >= 0.6 is 0 Å². The molecule has 2 N–H and O–H groups in total. The summed E-state index contributed by atoms with van der Waals surface area (Å²) in [5.74, 6) is 1.05. The first-order valence-electron chi connectivity index (χ1n) is 8.30. The van der Waals surface area contributed by atoms with Crippen LogP contribution in [0, 0.1) is 0 Å². The lowest BCUT2D eigenvalue weighted by Crippen LogP contribution is -2.38. The monoisotopic (exact) mass is 320 g/mol. The number of para-hydroxylation sites is 1. The zero-order valence-corrected chi connectivity index (χ0v) is 13.4. The fraction of sp³-hybridized carbons (Fsp3) is 0.263. The Bertz CT molecular complexity index is 843. The van der Waals surface area contributed by atoms with E-state index in [4.69, 9.17) is 0 Å². The van der Waals surface area contributed by atoms with Gasteiger partial charge in [0.25, 0.3) is 0 Å². The molecule has 1 saturated heterocycles. The maximum absolute atomic E-state index is 12.4. The van der Waals surface area contributed by atoms with Gasteiger partial charge in [0.1, 0.15) is 5.82 Å². The third-order valence-electron chi connectivity index (χ3n) is 4.55. The molecule has 4 rings (SSSR count). The number of carbonyl (C=O) groups is 1. The van der Waals surface area contributed by atoms with Crippen molar-refractivity contribution in [2.75, 3.05) is 18.0 Å². The summed E-state index contributed by atoms with van der Waals surface area (Å²) < 4.78 is 0. The molecule has 0 unspecified atom stereocenters. The Morgan fingerprint density at radius 1 is 1.25 bits per heavy atom. The van der Waals surface area contributed by atoms with E-state index < -0.39 is 0 Å². The zero-order chi connectivity index (χ0) is 16.4. The summed E-state index contributed by atoms with van der Waals surface area (Å²) in [6.45, 7) is 1.74. The predicted molar refractivity (Wildman–Crippen MR) is 95.0 cm³/mol. The molecule has 0 aliphatic carbocycles. The molecule has 2 aromatic heterocycles. The molecule has 3 aromatic rings. The molecule has 5 heteroatoms. The first-order chi connectivity index (χ1) is 11.8. The molecule has 1 aliphatic heterocycles. The van der Waals surface area contributed by atoms with Gasteiger partial charge >= 0.3 is 0 Å². The number of pyridine rings is 1. The Morgan fingerprint density at radius 3 is 3.00 bits per heavy atom. The smallest absolute Gasteiger partial charge is 0.224 e. The number of aromatic nitrogens is 2. The molecular formula is C19H20N4O. The minimum Gasteiger partial charge on any atom is -0.361 e. The topological polar surface area (TPSA) is 61.0 Å². The average Bonchev–Trinajstić information content (AvgIpc) is 3.23. The maximum atomic E-state index is 12.4. The first kappa shape index (κ1) is 14.8. The van der Waals surface area contributed by atoms with Crippen LogP contribution in [0.5, 0.6) is 0 Å². The van der Waals surface area contributed by atoms with Crippen molar-refractivity contribution in [3.63, 3.8) is 0 Å². The van der Waals surface area contributed by atoms with E-state index in [0.29, 0.717) is 6.42 Å². The molecule has 0 saturated carbocycles. The van der Waals surface area contributed by atoms with Gasteiger partial charge in [-0.05, 0) is 30.2 Å². The molecule has 0 bridgehead atoms. The molecule has 1 atom stereocenters. The van der Waals surface area contributed by atoms with Crippen LogP contribution < -0.4 is 10.2 Å². The number of amides is 1. The second-order valence-electron chi connectivity index (χ2n) is 6.22. The van der Waals surface area contributed by atoms with Crippen LogP contribution in [0.15, 0.2) is 54.9 Å². The molecule has 3 heterocycles. The largest absolute Gasteiger partial charge is 0.361 e. The zero-order valence-electron chi connectivity index (χ0n) is 13.4. The van der Waals surface area contributed by atoms with Crippen molar-refractivity contribution in [3.05, 3.63) is 60.4 Å². The molecule has 24 heavy (non-hydrogen) atoms. The molecule has 5 nitrogen and oxygen atoms in total. The molecule has 122 valence electrons. The van der Waals surface area contributed by atoms with E-state index in [9.17, 15) is 4.79 Å². The molecule has 0 spiro atoms. The van der Waals surface area contributed by atoms with Gasteiger partial charge in [-0.2, -0.15) is 0 Å². The summed E-state index contributed by atoms with van der Waals surface area (Å²) in [5.41, 5.74) is 2.12. The van der Waals surface area contributed by atoms with Gasteiger partial charge in [0, 0.05) is 42.4 Å². The highest BCUT2D eigenvalue weighted by Gasteiger charge is 2.24. The number of rotatable bonds is 4. The molecular weight excluding hydrogens is 300 g/mol. The van der Waals surface area contributed by atoms with Crippen LogP contribution in [-0.4, -0.2) is 35.0 Å². The lowest BCUT2D eigenvalue weighted by molar-refractivity contribution is -0.121. The van der Waals surface area contributed by atoms with Crippen molar-refractivity contribution in [3.8, 4) is 0 Å². The highest BCUT2D eigenvalue weighted by molar-refractivity contribution is 5.89. The number of fused-ring (bicyclic) bond motifs is 1. The molecule has 1 fully saturated rings. The van der Waals surface area contributed by atoms with Crippen LogP contribution in [0.25, 0.3) is 10.9 Å². The average molecular weight is 320 g/mol. The van der Waals surface area contributed by atoms with Gasteiger partial charge in [-0.15, -0.1) is 0 Å². The SMILES string of the molecule is O=C(Cc1c[nH]c2ccccc12)N[C@@H]1CCN(c2ccccn2)C1. The molecule has 1 aliphatic rings. The normalized spacial score (nSPS) is 17.3. The number of hydrogen-bond donors (Lipinski definition) is 2. The Labute approximate surface area is 140 Å². The van der Waals surface area contributed by atoms with Gasteiger partial charge in [-0.25, -0.2) is 4.98 Å². The Kier molecular flexibility index (Phi) is 3.91. The third-order valence-corrected chi connectivity index (χ3v) is 4.55. The summed E-state index contributed by atoms with van der Waals surface area (Å²) in [5, 5.41) is 4.28. The van der Waals surface area contributed by atoms with Gasteiger partial charge < -0.3 is 15.2 Å². The van der Waals surface area contributed by atoms with Gasteiger partial charge in [-0.1, -0.05) is 24.3 Å². The highest BCUT2D eigenvalue weighted by atomic mass is 16.1. The number of carbonyl (C=O) groups excluding carboxylic acids is 1. The number of nitrogens with zero attached hydrogens (tertiary/aromatic N) is 2. The number of hydrogen-bond acceptors (Lipinski definition) is 3. The number of anilines is 1. The second kappa shape index (κ2) is 6.35. The van der Waals surface area contributed by atoms with E-state index in [1.54, 1.807) is 6.20 Å². The van der Waals surface area contributed by atoms with Crippen molar-refractivity contribution < 1.29 is 4.79 Å². The molecule has 1 aromatic carbocycles. The number of nitrogens with one attached hydrogen (secondary N) is 2. The summed E-state index contributed by atoms with van der Waals surface area (Å²) in [7, 11) is 0. The van der Waals surface area contributed by atoms with Crippen LogP contribution in [-0.2, 0) is 11.2 Å². The van der Waals surface area contributed by atoms with Crippen molar-refractivity contribution >= 4 is 22.6 Å². The predicted octanol–water partition coefficient (Wildman–Crippen LogP) is 2.50. The van der Waals surface area contributed by atoms with Gasteiger partial charge in [-0.3, -0.25) is 4.79 Å². The van der Waals surface area contributed by atoms with E-state index in [1.165, 1.54) is 0 Å². The van der Waals surface area contributed by atoms with E-state index in [2.05, 4.69) is 20.2 Å². The van der Waals surface area contributed by atoms with E-state index >= 15 is 0 Å². The number of aromatic amines is 1. The minimum absolute atomic E-state index is 0.0765. The maximum Gasteiger partial charge on any atom is 0.224 e. The number of H-pyrrole nitrogens is 1. The van der Waals surface area contributed by atoms with Crippen molar-refractivity contribution in [2.45, 2.75) is 18.9 Å². The van der Waals surface area contributed by atoms with Gasteiger partial charge in [0.2, 0.25) is 5.91 Å². The summed E-state index contributed by atoms with van der Waals surface area (Å²) in [6, 6.07) is 14.2. The Morgan fingerprint density at radius 2 is 2.12 bits per heavy atom. The van der Waals surface area contributed by atoms with Crippen LogP contribution in [0.2, 0.25) is 0 Å². The Balaban J connectivity index is 1.37. The summed E-state index contributed by atoms with van der Waals surface area (Å²) in [6.07, 6.45) is 5.09. The van der Waals surface area contributed by atoms with Crippen LogP contribution in [0.3, 0.4) is 0 Å². The van der Waals surface area contributed by atoms with Crippen molar-refractivity contribution in [1.82, 2.24) is 15.3 Å². The fourth-order valence-corrected chi connectivity index (χ4v) is 3.36. The first-order valence-corrected chi connectivity index (χ1v) is 8.30. The quantitative estimate of drug-likeness (QED) is 0.776. The third kappa shape index (κ3) is 2.97. The minimum atomic E-state index is 0.0765. The second-order valence-corrected chi connectivity index (χ2v) is 6.22. The van der Waals surface area contributed by atoms with Crippen LogP contribution in [0.4, 0.5) is 5.82 Å². The van der Waals surface area contributed by atoms with E-state index in [-0.39, 0.29) is 11.9 Å². The lowest BCUT2D eigenvalue weighted by atomic mass is 10.1. The van der Waals surface area contributed by atoms with Crippen molar-refractivity contribution in [1.29, 1.82) is 0 Å². The standard InChI is InChI=1S/C19H20N4O/c24-19(11-14-12-21-17-6-2-1-5-16(14)17)22-15-8-10-23(13-15)18-7-3-4-9-20-18/h1-7,9,12,15,21H,8,10-11,13H2,(H,22,24)/t15-/m1/s1. The van der Waals surface area contributed by atoms with E-state index in [1.807, 2.05) is 48.7 Å². The van der Waals surface area contributed by atoms with Gasteiger partial charge in [0.05, 0.1) is 6.42 Å². The molecule has 1 amide bonds. The van der Waals surface area contributed by atoms with Gasteiger partial charge in [0.15, 0.2) is 0 Å². The van der Waals surface area contributed by atoms with E-state index in [0.717, 1.165) is 41.8 Å². The highest BCUT2D eigenvalue weighted by Crippen LogP contribution is 2.19. The lowest BCUT2D eigenvalue weighted by Gasteiger charge is -2.17. The summed E-state index contributed by atoms with van der Waals surface area (Å²) in [4.78, 5) is 22.2. The number of benzene rings is 1. The summed E-state index contributed by atoms with van der Waals surface area (Å²) >= 11 is 0. The Hall–Kier alpha value is -2.82. The molecule has 0 radical (unpaired) electrons.